The fourth-order valence-electron chi connectivity index (χ4n) is 2.61. The van der Waals surface area contributed by atoms with E-state index in [-0.39, 0.29) is 5.91 Å². The molecule has 0 aliphatic carbocycles. The molecule has 148 valence electrons. The van der Waals surface area contributed by atoms with E-state index in [0.717, 1.165) is 20.1 Å². The van der Waals surface area contributed by atoms with Gasteiger partial charge in [0.1, 0.15) is 6.61 Å². The second kappa shape index (κ2) is 10.3. The number of benzene rings is 3. The predicted molar refractivity (Wildman–Crippen MR) is 123 cm³/mol. The molecule has 1 N–H and O–H groups in total. The van der Waals surface area contributed by atoms with Gasteiger partial charge in [-0.1, -0.05) is 42.5 Å². The molecule has 0 aliphatic rings. The summed E-state index contributed by atoms with van der Waals surface area (Å²) in [5, 5.41) is 2.83. The Morgan fingerprint density at radius 2 is 1.72 bits per heavy atom. The van der Waals surface area contributed by atoms with Crippen molar-refractivity contribution in [3.63, 3.8) is 0 Å². The highest BCUT2D eigenvalue weighted by Crippen LogP contribution is 2.37. The second-order valence-corrected chi connectivity index (χ2v) is 7.82. The summed E-state index contributed by atoms with van der Waals surface area (Å²) in [6, 6.07) is 21.1. The van der Waals surface area contributed by atoms with Crippen molar-refractivity contribution in [2.45, 2.75) is 6.61 Å². The lowest BCUT2D eigenvalue weighted by atomic mass is 10.2. The van der Waals surface area contributed by atoms with Crippen LogP contribution in [0.4, 0.5) is 5.69 Å². The Labute approximate surface area is 186 Å². The smallest absolute Gasteiger partial charge is 0.248 e. The molecule has 0 unspecified atom stereocenters. The summed E-state index contributed by atoms with van der Waals surface area (Å²) in [4.78, 5) is 12.2. The van der Waals surface area contributed by atoms with Gasteiger partial charge in [0.15, 0.2) is 11.5 Å². The van der Waals surface area contributed by atoms with E-state index in [1.54, 1.807) is 13.2 Å². The number of rotatable bonds is 7. The van der Waals surface area contributed by atoms with Gasteiger partial charge in [-0.3, -0.25) is 4.79 Å². The van der Waals surface area contributed by atoms with Crippen LogP contribution in [0.3, 0.4) is 0 Å². The van der Waals surface area contributed by atoms with Crippen LogP contribution >= 0.6 is 31.9 Å². The van der Waals surface area contributed by atoms with Gasteiger partial charge in [-0.25, -0.2) is 0 Å². The van der Waals surface area contributed by atoms with Gasteiger partial charge >= 0.3 is 0 Å². The van der Waals surface area contributed by atoms with Gasteiger partial charge in [0.25, 0.3) is 0 Å². The van der Waals surface area contributed by atoms with E-state index in [1.165, 1.54) is 6.08 Å². The standard InChI is InChI=1S/C23H19Br2NO3/c1-28-21-14-17(11-12-22(27)26-20-10-6-5-9-18(20)24)13-19(25)23(21)29-15-16-7-3-2-4-8-16/h2-14H,15H2,1H3,(H,26,27). The first-order valence-electron chi connectivity index (χ1n) is 8.84. The fraction of sp³-hybridized carbons (Fsp3) is 0.0870. The molecule has 29 heavy (non-hydrogen) atoms. The number of hydrogen-bond acceptors (Lipinski definition) is 3. The van der Waals surface area contributed by atoms with Gasteiger partial charge in [-0.2, -0.15) is 0 Å². The molecule has 3 aromatic rings. The lowest BCUT2D eigenvalue weighted by molar-refractivity contribution is -0.111. The van der Waals surface area contributed by atoms with Crippen LogP contribution in [0.25, 0.3) is 6.08 Å². The molecule has 3 aromatic carbocycles. The number of ether oxygens (including phenoxy) is 2. The van der Waals surface area contributed by atoms with E-state index in [1.807, 2.05) is 66.7 Å². The highest BCUT2D eigenvalue weighted by atomic mass is 79.9. The molecule has 0 fully saturated rings. The minimum absolute atomic E-state index is 0.226. The van der Waals surface area contributed by atoms with Crippen molar-refractivity contribution in [3.8, 4) is 11.5 Å². The molecule has 0 aromatic heterocycles. The quantitative estimate of drug-likeness (QED) is 0.367. The molecule has 0 aliphatic heterocycles. The maximum Gasteiger partial charge on any atom is 0.248 e. The van der Waals surface area contributed by atoms with Gasteiger partial charge in [0, 0.05) is 10.5 Å². The fourth-order valence-corrected chi connectivity index (χ4v) is 3.57. The monoisotopic (exact) mass is 515 g/mol. The molecule has 3 rings (SSSR count). The van der Waals surface area contributed by atoms with Crippen LogP contribution in [0.5, 0.6) is 11.5 Å². The zero-order valence-corrected chi connectivity index (χ0v) is 18.9. The van der Waals surface area contributed by atoms with Crippen LogP contribution in [0.2, 0.25) is 0 Å². The number of carbonyl (C=O) groups is 1. The molecule has 0 spiro atoms. The summed E-state index contributed by atoms with van der Waals surface area (Å²) in [5.74, 6) is 0.976. The Balaban J connectivity index is 1.71. The molecule has 0 heterocycles. The minimum atomic E-state index is -0.226. The first-order valence-corrected chi connectivity index (χ1v) is 10.4. The lowest BCUT2D eigenvalue weighted by Gasteiger charge is -2.13. The van der Waals surface area contributed by atoms with Gasteiger partial charge in [0.2, 0.25) is 5.91 Å². The maximum absolute atomic E-state index is 12.2. The molecule has 0 saturated carbocycles. The SMILES string of the molecule is COc1cc(C=CC(=O)Nc2ccccc2Br)cc(Br)c1OCc1ccccc1. The Morgan fingerprint density at radius 3 is 2.45 bits per heavy atom. The Kier molecular flexibility index (Phi) is 7.49. The number of carbonyl (C=O) groups excluding carboxylic acids is 1. The number of nitrogens with one attached hydrogen (secondary N) is 1. The third kappa shape index (κ3) is 5.95. The molecule has 4 nitrogen and oxygen atoms in total. The topological polar surface area (TPSA) is 47.6 Å². The van der Waals surface area contributed by atoms with Crippen LogP contribution in [0.1, 0.15) is 11.1 Å². The molecule has 0 radical (unpaired) electrons. The molecular weight excluding hydrogens is 498 g/mol. The number of para-hydroxylation sites is 1. The molecule has 1 amide bonds. The second-order valence-electron chi connectivity index (χ2n) is 6.11. The molecule has 0 saturated heterocycles. The zero-order chi connectivity index (χ0) is 20.6. The highest BCUT2D eigenvalue weighted by Gasteiger charge is 2.11. The Bertz CT molecular complexity index is 1020. The summed E-state index contributed by atoms with van der Waals surface area (Å²) in [5.41, 5.74) is 2.59. The van der Waals surface area contributed by atoms with E-state index in [4.69, 9.17) is 9.47 Å². The predicted octanol–water partition coefficient (Wildman–Crippen LogP) is 6.45. The third-order valence-electron chi connectivity index (χ3n) is 4.04. The van der Waals surface area contributed by atoms with E-state index in [2.05, 4.69) is 37.2 Å². The third-order valence-corrected chi connectivity index (χ3v) is 5.32. The minimum Gasteiger partial charge on any atom is -0.493 e. The average Bonchev–Trinajstić information content (AvgIpc) is 2.73. The summed E-state index contributed by atoms with van der Waals surface area (Å²) >= 11 is 6.95. The van der Waals surface area contributed by atoms with Gasteiger partial charge in [0.05, 0.1) is 17.3 Å². The molecule has 0 atom stereocenters. The van der Waals surface area contributed by atoms with Crippen LogP contribution in [0.15, 0.2) is 81.8 Å². The van der Waals surface area contributed by atoms with E-state index >= 15 is 0 Å². The first kappa shape index (κ1) is 21.1. The molecule has 0 bridgehead atoms. The van der Waals surface area contributed by atoms with E-state index in [9.17, 15) is 4.79 Å². The summed E-state index contributed by atoms with van der Waals surface area (Å²) < 4.78 is 13.0. The van der Waals surface area contributed by atoms with Crippen molar-refractivity contribution in [1.82, 2.24) is 0 Å². The largest absolute Gasteiger partial charge is 0.493 e. The van der Waals surface area contributed by atoms with Crippen molar-refractivity contribution >= 4 is 49.5 Å². The van der Waals surface area contributed by atoms with Crippen molar-refractivity contribution in [2.75, 3.05) is 12.4 Å². The van der Waals surface area contributed by atoms with Crippen molar-refractivity contribution < 1.29 is 14.3 Å². The Morgan fingerprint density at radius 1 is 1.00 bits per heavy atom. The van der Waals surface area contributed by atoms with Crippen LogP contribution in [-0.4, -0.2) is 13.0 Å². The lowest BCUT2D eigenvalue weighted by Crippen LogP contribution is -2.08. The summed E-state index contributed by atoms with van der Waals surface area (Å²) in [6.07, 6.45) is 3.20. The van der Waals surface area contributed by atoms with Crippen molar-refractivity contribution in [1.29, 1.82) is 0 Å². The normalized spacial score (nSPS) is 10.7. The van der Waals surface area contributed by atoms with Crippen molar-refractivity contribution in [3.05, 3.63) is 92.9 Å². The number of halogens is 2. The van der Waals surface area contributed by atoms with E-state index < -0.39 is 0 Å². The number of anilines is 1. The zero-order valence-electron chi connectivity index (χ0n) is 15.7. The number of amides is 1. The van der Waals surface area contributed by atoms with Gasteiger partial charge < -0.3 is 14.8 Å². The van der Waals surface area contributed by atoms with Gasteiger partial charge in [-0.15, -0.1) is 0 Å². The van der Waals surface area contributed by atoms with Crippen LogP contribution < -0.4 is 14.8 Å². The first-order chi connectivity index (χ1) is 14.1. The maximum atomic E-state index is 12.2. The summed E-state index contributed by atoms with van der Waals surface area (Å²) in [7, 11) is 1.59. The number of methoxy groups -OCH3 is 1. The van der Waals surface area contributed by atoms with Crippen molar-refractivity contribution in [2.24, 2.45) is 0 Å². The van der Waals surface area contributed by atoms with Crippen LogP contribution in [0, 0.1) is 0 Å². The Hall–Kier alpha value is -2.57. The summed E-state index contributed by atoms with van der Waals surface area (Å²) in [6.45, 7) is 0.430. The number of hydrogen-bond donors (Lipinski definition) is 1. The van der Waals surface area contributed by atoms with Crippen LogP contribution in [-0.2, 0) is 11.4 Å². The van der Waals surface area contributed by atoms with E-state index in [0.29, 0.717) is 23.8 Å². The van der Waals surface area contributed by atoms with Gasteiger partial charge in [-0.05, 0) is 73.3 Å². The molecular formula is C23H19Br2NO3. The average molecular weight is 517 g/mol. The highest BCUT2D eigenvalue weighted by molar-refractivity contribution is 9.11. The molecule has 6 heteroatoms.